The van der Waals surface area contributed by atoms with Crippen LogP contribution in [0.2, 0.25) is 0 Å². The second-order valence-electron chi connectivity index (χ2n) is 9.34. The Morgan fingerprint density at radius 1 is 0.900 bits per heavy atom. The summed E-state index contributed by atoms with van der Waals surface area (Å²) in [6.45, 7) is 4.49. The number of carboxylic acid groups (broad SMARTS) is 1. The Kier molecular flexibility index (Phi) is 11.8. The number of nitrogens with one attached hydrogen (secondary N) is 2. The van der Waals surface area contributed by atoms with E-state index in [1.807, 2.05) is 24.3 Å². The highest BCUT2D eigenvalue weighted by Gasteiger charge is 2.26. The third-order valence-corrected chi connectivity index (χ3v) is 4.93. The van der Waals surface area contributed by atoms with Crippen LogP contribution in [0.5, 0.6) is 17.2 Å². The monoisotopic (exact) mass is 558 g/mol. The van der Waals surface area contributed by atoms with E-state index in [0.29, 0.717) is 11.5 Å². The molecule has 2 rings (SSSR count). The summed E-state index contributed by atoms with van der Waals surface area (Å²) in [5, 5.41) is 13.6. The summed E-state index contributed by atoms with van der Waals surface area (Å²) in [6.07, 6.45) is 1.17. The summed E-state index contributed by atoms with van der Waals surface area (Å²) < 4.78 is 25.6. The molecule has 0 radical (unpaired) electrons. The van der Waals surface area contributed by atoms with Gasteiger partial charge in [0.25, 0.3) is 0 Å². The molecule has 3 N–H and O–H groups in total. The zero-order valence-corrected chi connectivity index (χ0v) is 23.0. The quantitative estimate of drug-likeness (QED) is 0.151. The van der Waals surface area contributed by atoms with Gasteiger partial charge in [0.1, 0.15) is 35.5 Å². The summed E-state index contributed by atoms with van der Waals surface area (Å²) in [5.74, 6) is -0.492. The number of carbonyl (C=O) groups excluding carboxylic acids is 3. The fraction of sp³-hybridized carbons (Fsp3) is 0.357. The fourth-order valence-corrected chi connectivity index (χ4v) is 3.16. The number of alkyl carbamates (subject to hydrolysis) is 1. The maximum atomic E-state index is 12.3. The van der Waals surface area contributed by atoms with Crippen LogP contribution < -0.4 is 24.8 Å². The molecule has 12 nitrogen and oxygen atoms in total. The first-order chi connectivity index (χ1) is 18.9. The number of amides is 2. The summed E-state index contributed by atoms with van der Waals surface area (Å²) in [7, 11) is 3.15. The fourth-order valence-electron chi connectivity index (χ4n) is 3.16. The lowest BCUT2D eigenvalue weighted by Crippen LogP contribution is -2.49. The number of ether oxygens (including phenoxy) is 5. The normalized spacial score (nSPS) is 11.7. The van der Waals surface area contributed by atoms with Crippen molar-refractivity contribution in [3.8, 4) is 17.2 Å². The molecule has 0 aliphatic rings. The van der Waals surface area contributed by atoms with Crippen molar-refractivity contribution in [2.45, 2.75) is 38.8 Å². The van der Waals surface area contributed by atoms with Crippen LogP contribution in [0.15, 0.2) is 42.5 Å². The van der Waals surface area contributed by atoms with Gasteiger partial charge in [0.15, 0.2) is 0 Å². The second kappa shape index (κ2) is 15.0. The third kappa shape index (κ3) is 11.8. The van der Waals surface area contributed by atoms with Crippen LogP contribution in [0, 0.1) is 0 Å². The van der Waals surface area contributed by atoms with Crippen LogP contribution in [0.25, 0.3) is 12.2 Å². The topological polar surface area (TPSA) is 159 Å². The van der Waals surface area contributed by atoms with Gasteiger partial charge in [0.2, 0.25) is 5.91 Å². The van der Waals surface area contributed by atoms with E-state index in [9.17, 15) is 19.2 Å². The molecule has 216 valence electrons. The van der Waals surface area contributed by atoms with Crippen LogP contribution in [-0.2, 0) is 19.1 Å². The lowest BCUT2D eigenvalue weighted by Gasteiger charge is -2.22. The summed E-state index contributed by atoms with van der Waals surface area (Å²) in [6, 6.07) is 10.8. The van der Waals surface area contributed by atoms with Gasteiger partial charge in [-0.25, -0.2) is 9.59 Å². The highest BCUT2D eigenvalue weighted by molar-refractivity contribution is 5.89. The van der Waals surface area contributed by atoms with Crippen LogP contribution in [0.1, 0.15) is 38.3 Å². The summed E-state index contributed by atoms with van der Waals surface area (Å²) in [5.41, 5.74) is 0.897. The molecule has 0 saturated heterocycles. The van der Waals surface area contributed by atoms with Gasteiger partial charge in [-0.1, -0.05) is 24.3 Å². The Morgan fingerprint density at radius 3 is 2.05 bits per heavy atom. The Bertz CT molecular complexity index is 1180. The third-order valence-electron chi connectivity index (χ3n) is 4.93. The number of aliphatic carboxylic acids is 1. The van der Waals surface area contributed by atoms with Crippen molar-refractivity contribution in [2.24, 2.45) is 0 Å². The van der Waals surface area contributed by atoms with Crippen molar-refractivity contribution in [2.75, 3.05) is 27.4 Å². The number of hydrogen-bond acceptors (Lipinski definition) is 9. The number of hydrogen-bond donors (Lipinski definition) is 3. The Hall–Kier alpha value is -4.74. The van der Waals surface area contributed by atoms with Gasteiger partial charge in [-0.05, 0) is 56.2 Å². The Morgan fingerprint density at radius 2 is 1.50 bits per heavy atom. The SMILES string of the molecule is COc1cc(/C=C/c2ccc(OC(=O)OCCNC(=O)C(CC(=O)O)NC(=O)OC(C)(C)C)cc2)cc(OC)c1. The van der Waals surface area contributed by atoms with Crippen molar-refractivity contribution in [3.63, 3.8) is 0 Å². The average Bonchev–Trinajstić information content (AvgIpc) is 2.88. The van der Waals surface area contributed by atoms with E-state index >= 15 is 0 Å². The molecule has 0 fully saturated rings. The number of carboxylic acids is 1. The van der Waals surface area contributed by atoms with Crippen molar-refractivity contribution in [1.29, 1.82) is 0 Å². The predicted octanol–water partition coefficient (Wildman–Crippen LogP) is 3.87. The molecule has 0 heterocycles. The standard InChI is InChI=1S/C28H34N2O10/c1-28(2,3)40-26(34)30-23(17-24(31)32)25(33)29-12-13-38-27(35)39-20-10-8-18(9-11-20)6-7-19-14-21(36-4)16-22(15-19)37-5/h6-11,14-16,23H,12-13,17H2,1-5H3,(H,29,33)(H,30,34)(H,31,32)/b7-6+. The number of carbonyl (C=O) groups is 4. The van der Waals surface area contributed by atoms with E-state index in [2.05, 4.69) is 10.6 Å². The molecule has 1 unspecified atom stereocenters. The van der Waals surface area contributed by atoms with Crippen LogP contribution in [0.3, 0.4) is 0 Å². The Balaban J connectivity index is 1.81. The maximum Gasteiger partial charge on any atom is 0.513 e. The largest absolute Gasteiger partial charge is 0.513 e. The minimum atomic E-state index is -1.38. The van der Waals surface area contributed by atoms with Gasteiger partial charge in [0.05, 0.1) is 27.2 Å². The highest BCUT2D eigenvalue weighted by Crippen LogP contribution is 2.24. The van der Waals surface area contributed by atoms with Crippen LogP contribution >= 0.6 is 0 Å². The van der Waals surface area contributed by atoms with Crippen molar-refractivity contribution < 1.29 is 48.0 Å². The molecule has 1 atom stereocenters. The van der Waals surface area contributed by atoms with Gasteiger partial charge in [-0.15, -0.1) is 0 Å². The molecular weight excluding hydrogens is 524 g/mol. The van der Waals surface area contributed by atoms with Crippen molar-refractivity contribution in [1.82, 2.24) is 10.6 Å². The first-order valence-electron chi connectivity index (χ1n) is 12.2. The highest BCUT2D eigenvalue weighted by atomic mass is 16.7. The zero-order valence-electron chi connectivity index (χ0n) is 23.0. The van der Waals surface area contributed by atoms with Crippen molar-refractivity contribution in [3.05, 3.63) is 53.6 Å². The lowest BCUT2D eigenvalue weighted by atomic mass is 10.1. The van der Waals surface area contributed by atoms with E-state index in [4.69, 9.17) is 28.8 Å². The van der Waals surface area contributed by atoms with E-state index in [0.717, 1.165) is 11.1 Å². The van der Waals surface area contributed by atoms with E-state index in [1.165, 1.54) is 0 Å². The number of rotatable bonds is 12. The van der Waals surface area contributed by atoms with Gasteiger partial charge >= 0.3 is 18.2 Å². The minimum absolute atomic E-state index is 0.140. The van der Waals surface area contributed by atoms with E-state index in [-0.39, 0.29) is 18.9 Å². The van der Waals surface area contributed by atoms with E-state index in [1.54, 1.807) is 65.3 Å². The van der Waals surface area contributed by atoms with Gasteiger partial charge < -0.3 is 39.4 Å². The molecule has 2 aromatic carbocycles. The molecule has 0 bridgehead atoms. The van der Waals surface area contributed by atoms with Crippen LogP contribution in [-0.4, -0.2) is 68.2 Å². The second-order valence-corrected chi connectivity index (χ2v) is 9.34. The van der Waals surface area contributed by atoms with Crippen LogP contribution in [0.4, 0.5) is 9.59 Å². The molecule has 0 aliphatic carbocycles. The molecule has 12 heteroatoms. The van der Waals surface area contributed by atoms with Gasteiger partial charge in [-0.2, -0.15) is 0 Å². The maximum absolute atomic E-state index is 12.3. The molecule has 0 saturated carbocycles. The zero-order chi connectivity index (χ0) is 29.7. The molecule has 0 spiro atoms. The average molecular weight is 559 g/mol. The number of methoxy groups -OCH3 is 2. The molecule has 0 aliphatic heterocycles. The first-order valence-corrected chi connectivity index (χ1v) is 12.2. The molecule has 2 aromatic rings. The van der Waals surface area contributed by atoms with Gasteiger partial charge in [-0.3, -0.25) is 9.59 Å². The predicted molar refractivity (Wildman–Crippen MR) is 145 cm³/mol. The molecule has 40 heavy (non-hydrogen) atoms. The molecule has 0 aromatic heterocycles. The summed E-state index contributed by atoms with van der Waals surface area (Å²) in [4.78, 5) is 47.3. The van der Waals surface area contributed by atoms with E-state index < -0.39 is 42.2 Å². The van der Waals surface area contributed by atoms with Gasteiger partial charge in [0, 0.05) is 6.07 Å². The summed E-state index contributed by atoms with van der Waals surface area (Å²) >= 11 is 0. The molecule has 2 amide bonds. The van der Waals surface area contributed by atoms with Crippen molar-refractivity contribution >= 4 is 36.3 Å². The Labute approximate surface area is 232 Å². The smallest absolute Gasteiger partial charge is 0.497 e. The number of benzene rings is 2. The minimum Gasteiger partial charge on any atom is -0.497 e. The lowest BCUT2D eigenvalue weighted by molar-refractivity contribution is -0.139. The first kappa shape index (κ1) is 31.5. The molecular formula is C28H34N2O10.